The zero-order valence-corrected chi connectivity index (χ0v) is 22.7. The summed E-state index contributed by atoms with van der Waals surface area (Å²) in [5.74, 6) is 1.37. The molecule has 0 saturated heterocycles. The van der Waals surface area contributed by atoms with E-state index in [2.05, 4.69) is 0 Å². The molecule has 2 aromatic heterocycles. The molecule has 0 aliphatic heterocycles. The lowest BCUT2D eigenvalue weighted by Crippen LogP contribution is -2.06. The summed E-state index contributed by atoms with van der Waals surface area (Å²) in [7, 11) is 3.19. The number of ether oxygens (including phenoxy) is 2. The van der Waals surface area contributed by atoms with E-state index < -0.39 is 0 Å². The van der Waals surface area contributed by atoms with Crippen LogP contribution >= 0.6 is 0 Å². The normalized spacial score (nSPS) is 10.7. The van der Waals surface area contributed by atoms with Crippen LogP contribution < -0.4 is 20.3 Å². The van der Waals surface area contributed by atoms with Gasteiger partial charge in [-0.25, -0.2) is 0 Å². The molecule has 0 bridgehead atoms. The van der Waals surface area contributed by atoms with Gasteiger partial charge in [-0.15, -0.1) is 0 Å². The molecule has 4 aromatic carbocycles. The quantitative estimate of drug-likeness (QED) is 0.233. The van der Waals surface area contributed by atoms with Crippen molar-refractivity contribution in [3.8, 4) is 33.8 Å². The van der Waals surface area contributed by atoms with Gasteiger partial charge in [0.1, 0.15) is 35.2 Å². The molecule has 6 heteroatoms. The highest BCUT2D eigenvalue weighted by molar-refractivity contribution is 5.86. The predicted octanol–water partition coefficient (Wildman–Crippen LogP) is 7.55. The number of rotatable bonds is 4. The first kappa shape index (κ1) is 26.5. The maximum absolute atomic E-state index is 12.6. The van der Waals surface area contributed by atoms with Crippen molar-refractivity contribution in [2.24, 2.45) is 0 Å². The fourth-order valence-corrected chi connectivity index (χ4v) is 4.70. The van der Waals surface area contributed by atoms with E-state index in [0.29, 0.717) is 44.6 Å². The van der Waals surface area contributed by atoms with Gasteiger partial charge in [-0.1, -0.05) is 60.7 Å². The molecule has 0 amide bonds. The third kappa shape index (κ3) is 5.12. The van der Waals surface area contributed by atoms with Gasteiger partial charge in [0, 0.05) is 12.1 Å². The molecule has 0 spiro atoms. The second kappa shape index (κ2) is 11.3. The van der Waals surface area contributed by atoms with Crippen LogP contribution in [0.2, 0.25) is 0 Å². The zero-order chi connectivity index (χ0) is 28.2. The monoisotopic (exact) mass is 532 g/mol. The molecule has 0 atom stereocenters. The third-order valence-electron chi connectivity index (χ3n) is 6.74. The van der Waals surface area contributed by atoms with Gasteiger partial charge in [0.2, 0.25) is 10.9 Å². The number of aryl methyl sites for hydroxylation is 2. The minimum atomic E-state index is -0.0161. The van der Waals surface area contributed by atoms with Crippen LogP contribution in [0.3, 0.4) is 0 Å². The molecule has 0 aliphatic rings. The van der Waals surface area contributed by atoms with Crippen LogP contribution in [-0.2, 0) is 0 Å². The Morgan fingerprint density at radius 3 is 1.27 bits per heavy atom. The molecule has 200 valence electrons. The number of benzene rings is 4. The molecular formula is C34H28O6. The van der Waals surface area contributed by atoms with Crippen LogP contribution in [0.1, 0.15) is 11.1 Å². The Labute approximate surface area is 231 Å². The Bertz CT molecular complexity index is 1780. The van der Waals surface area contributed by atoms with Crippen molar-refractivity contribution in [1.29, 1.82) is 0 Å². The molecule has 0 radical (unpaired) electrons. The molecule has 0 aliphatic carbocycles. The van der Waals surface area contributed by atoms with E-state index in [1.165, 1.54) is 12.5 Å². The highest BCUT2D eigenvalue weighted by Gasteiger charge is 2.13. The van der Waals surface area contributed by atoms with Crippen LogP contribution in [0.25, 0.3) is 44.2 Å². The molecule has 6 rings (SSSR count). The Balaban J connectivity index is 0.000000161. The fourth-order valence-electron chi connectivity index (χ4n) is 4.70. The number of methoxy groups -OCH3 is 2. The Morgan fingerprint density at radius 1 is 0.550 bits per heavy atom. The van der Waals surface area contributed by atoms with E-state index in [0.717, 1.165) is 22.3 Å². The Hall–Kier alpha value is -5.10. The van der Waals surface area contributed by atoms with Gasteiger partial charge in [-0.3, -0.25) is 9.59 Å². The summed E-state index contributed by atoms with van der Waals surface area (Å²) in [5.41, 5.74) is 5.64. The van der Waals surface area contributed by atoms with E-state index >= 15 is 0 Å². The molecule has 40 heavy (non-hydrogen) atoms. The van der Waals surface area contributed by atoms with Crippen LogP contribution in [0.5, 0.6) is 11.5 Å². The molecule has 0 N–H and O–H groups in total. The van der Waals surface area contributed by atoms with Crippen molar-refractivity contribution in [3.05, 3.63) is 129 Å². The lowest BCUT2D eigenvalue weighted by Gasteiger charge is -2.07. The lowest BCUT2D eigenvalue weighted by atomic mass is 10.0. The van der Waals surface area contributed by atoms with Crippen molar-refractivity contribution in [1.82, 2.24) is 0 Å². The maximum atomic E-state index is 12.6. The van der Waals surface area contributed by atoms with E-state index in [4.69, 9.17) is 18.3 Å². The first-order valence-electron chi connectivity index (χ1n) is 12.7. The molecule has 0 saturated carbocycles. The van der Waals surface area contributed by atoms with Crippen molar-refractivity contribution in [2.75, 3.05) is 14.2 Å². The van der Waals surface area contributed by atoms with Crippen LogP contribution in [0.15, 0.2) is 116 Å². The lowest BCUT2D eigenvalue weighted by molar-refractivity contribution is 0.414. The van der Waals surface area contributed by atoms with Gasteiger partial charge in [0.05, 0.1) is 36.1 Å². The predicted molar refractivity (Wildman–Crippen MR) is 158 cm³/mol. The standard InChI is InChI=1S/2C17H14O3/c2*1-11-8-13(19-2)9-15-16(11)17(18)14(10-20-15)12-6-4-3-5-7-12/h2*3-10H,1-2H3. The number of hydrogen-bond acceptors (Lipinski definition) is 6. The topological polar surface area (TPSA) is 78.9 Å². The van der Waals surface area contributed by atoms with Gasteiger partial charge in [0.15, 0.2) is 0 Å². The van der Waals surface area contributed by atoms with Crippen molar-refractivity contribution in [3.63, 3.8) is 0 Å². The summed E-state index contributed by atoms with van der Waals surface area (Å²) in [6, 6.07) is 26.2. The van der Waals surface area contributed by atoms with E-state index in [1.54, 1.807) is 26.4 Å². The summed E-state index contributed by atoms with van der Waals surface area (Å²) in [6.07, 6.45) is 3.03. The van der Waals surface area contributed by atoms with E-state index in [9.17, 15) is 9.59 Å². The number of hydrogen-bond donors (Lipinski definition) is 0. The molecule has 6 aromatic rings. The second-order valence-electron chi connectivity index (χ2n) is 9.32. The van der Waals surface area contributed by atoms with Gasteiger partial charge in [0.25, 0.3) is 0 Å². The molecule has 0 unspecified atom stereocenters. The molecule has 6 nitrogen and oxygen atoms in total. The molecule has 2 heterocycles. The fraction of sp³-hybridized carbons (Fsp3) is 0.118. The second-order valence-corrected chi connectivity index (χ2v) is 9.32. The average Bonchev–Trinajstić information content (AvgIpc) is 2.98. The van der Waals surface area contributed by atoms with E-state index in [-0.39, 0.29) is 10.9 Å². The van der Waals surface area contributed by atoms with Crippen molar-refractivity contribution < 1.29 is 18.3 Å². The summed E-state index contributed by atoms with van der Waals surface area (Å²) >= 11 is 0. The first-order valence-corrected chi connectivity index (χ1v) is 12.7. The zero-order valence-electron chi connectivity index (χ0n) is 22.7. The molecule has 0 fully saturated rings. The van der Waals surface area contributed by atoms with Crippen molar-refractivity contribution in [2.45, 2.75) is 13.8 Å². The largest absolute Gasteiger partial charge is 0.497 e. The minimum Gasteiger partial charge on any atom is -0.497 e. The highest BCUT2D eigenvalue weighted by Crippen LogP contribution is 2.27. The summed E-state index contributed by atoms with van der Waals surface area (Å²) < 4.78 is 21.6. The van der Waals surface area contributed by atoms with Crippen molar-refractivity contribution >= 4 is 21.9 Å². The van der Waals surface area contributed by atoms with Gasteiger partial charge < -0.3 is 18.3 Å². The summed E-state index contributed by atoms with van der Waals surface area (Å²) in [5, 5.41) is 1.21. The van der Waals surface area contributed by atoms with Crippen LogP contribution in [0.4, 0.5) is 0 Å². The Morgan fingerprint density at radius 2 is 0.925 bits per heavy atom. The van der Waals surface area contributed by atoms with Gasteiger partial charge in [-0.2, -0.15) is 0 Å². The van der Waals surface area contributed by atoms with E-state index in [1.807, 2.05) is 86.6 Å². The molecular weight excluding hydrogens is 504 g/mol. The van der Waals surface area contributed by atoms with Gasteiger partial charge in [-0.05, 0) is 48.2 Å². The summed E-state index contributed by atoms with van der Waals surface area (Å²) in [6.45, 7) is 3.77. The average molecular weight is 533 g/mol. The Kier molecular flexibility index (Phi) is 7.51. The number of fused-ring (bicyclic) bond motifs is 2. The summed E-state index contributed by atoms with van der Waals surface area (Å²) in [4.78, 5) is 25.3. The smallest absolute Gasteiger partial charge is 0.200 e. The van der Waals surface area contributed by atoms with Crippen LogP contribution in [-0.4, -0.2) is 14.2 Å². The van der Waals surface area contributed by atoms with Gasteiger partial charge >= 0.3 is 0 Å². The first-order chi connectivity index (χ1) is 19.4. The highest BCUT2D eigenvalue weighted by atomic mass is 16.5. The van der Waals surface area contributed by atoms with Crippen LogP contribution in [0, 0.1) is 13.8 Å². The SMILES string of the molecule is COc1cc(C)c2c(=O)c(-c3ccccc3)coc2c1.COc1cc(C)c2c(=O)c(-c3ccccc3)coc2c1. The maximum Gasteiger partial charge on any atom is 0.200 e. The minimum absolute atomic E-state index is 0.0161. The third-order valence-corrected chi connectivity index (χ3v) is 6.74.